The summed E-state index contributed by atoms with van der Waals surface area (Å²) in [5.74, 6) is 0. The van der Waals surface area contributed by atoms with Crippen LogP contribution in [0, 0.1) is 12.3 Å². The zero-order valence-electron chi connectivity index (χ0n) is 9.07. The van der Waals surface area contributed by atoms with E-state index in [4.69, 9.17) is 5.73 Å². The van der Waals surface area contributed by atoms with Gasteiger partial charge in [0.1, 0.15) is 11.1 Å². The largest absolute Gasteiger partial charge is 0.385 e. The van der Waals surface area contributed by atoms with Crippen LogP contribution < -0.4 is 5.73 Å². The lowest BCUT2D eigenvalue weighted by atomic mass is 9.80. The number of nitrogens with zero attached hydrogens (tertiary/aromatic N) is 1. The summed E-state index contributed by atoms with van der Waals surface area (Å²) in [6.45, 7) is 2.52. The molecule has 0 spiro atoms. The Balaban J connectivity index is 2.21. The molecule has 0 saturated heterocycles. The Kier molecular flexibility index (Phi) is 3.09. The van der Waals surface area contributed by atoms with E-state index in [0.717, 1.165) is 23.5 Å². The van der Waals surface area contributed by atoms with Crippen molar-refractivity contribution in [2.45, 2.75) is 38.7 Å². The number of hydrogen-bond acceptors (Lipinski definition) is 4. The fraction of sp³-hybridized carbons (Fsp3) is 0.727. The highest BCUT2D eigenvalue weighted by Gasteiger charge is 2.41. The predicted molar refractivity (Wildman–Crippen MR) is 61.8 cm³/mol. The van der Waals surface area contributed by atoms with Gasteiger partial charge in [-0.05, 0) is 19.8 Å². The Morgan fingerprint density at radius 1 is 1.60 bits per heavy atom. The lowest BCUT2D eigenvalue weighted by molar-refractivity contribution is 0.0331. The molecule has 15 heavy (non-hydrogen) atoms. The minimum atomic E-state index is -0.469. The maximum Gasteiger partial charge on any atom is 0.122 e. The summed E-state index contributed by atoms with van der Waals surface area (Å²) >= 11 is 1.54. The molecule has 1 fully saturated rings. The fourth-order valence-electron chi connectivity index (χ4n) is 2.43. The van der Waals surface area contributed by atoms with Gasteiger partial charge in [0.25, 0.3) is 0 Å². The van der Waals surface area contributed by atoms with E-state index in [2.05, 4.69) is 4.98 Å². The normalized spacial score (nSPS) is 21.8. The van der Waals surface area contributed by atoms with Crippen molar-refractivity contribution in [3.05, 3.63) is 16.1 Å². The number of hydrogen-bond donors (Lipinski definition) is 2. The number of nitrogens with two attached hydrogens (primary N) is 1. The topological polar surface area (TPSA) is 59.1 Å². The lowest BCUT2D eigenvalue weighted by Gasteiger charge is -2.31. The standard InChI is InChI=1S/C11H18N2OS/c1-8-6-15-10(13-8)9(14)11(7-12)4-2-3-5-11/h6,9,14H,2-5,7,12H2,1H3. The number of aliphatic hydroxyl groups excluding tert-OH is 1. The van der Waals surface area contributed by atoms with Crippen molar-refractivity contribution in [3.63, 3.8) is 0 Å². The highest BCUT2D eigenvalue weighted by molar-refractivity contribution is 7.09. The highest BCUT2D eigenvalue weighted by atomic mass is 32.1. The highest BCUT2D eigenvalue weighted by Crippen LogP contribution is 2.47. The first kappa shape index (κ1) is 11.0. The van der Waals surface area contributed by atoms with Gasteiger partial charge in [-0.25, -0.2) is 4.98 Å². The molecule has 1 aromatic heterocycles. The van der Waals surface area contributed by atoms with Crippen LogP contribution in [0.25, 0.3) is 0 Å². The lowest BCUT2D eigenvalue weighted by Crippen LogP contribution is -2.34. The average Bonchev–Trinajstić information content (AvgIpc) is 2.86. The van der Waals surface area contributed by atoms with Crippen LogP contribution in [0.2, 0.25) is 0 Å². The van der Waals surface area contributed by atoms with E-state index >= 15 is 0 Å². The third-order valence-corrected chi connectivity index (χ3v) is 4.47. The van der Waals surface area contributed by atoms with Gasteiger partial charge < -0.3 is 10.8 Å². The molecule has 1 aliphatic carbocycles. The number of aryl methyl sites for hydroxylation is 1. The van der Waals surface area contributed by atoms with Crippen LogP contribution in [0.1, 0.15) is 42.5 Å². The van der Waals surface area contributed by atoms with Gasteiger partial charge in [-0.3, -0.25) is 0 Å². The van der Waals surface area contributed by atoms with Crippen molar-refractivity contribution >= 4 is 11.3 Å². The molecule has 1 atom stereocenters. The summed E-state index contributed by atoms with van der Waals surface area (Å²) < 4.78 is 0. The molecule has 1 aliphatic rings. The van der Waals surface area contributed by atoms with Gasteiger partial charge in [-0.15, -0.1) is 11.3 Å². The second-order valence-electron chi connectivity index (χ2n) is 4.50. The van der Waals surface area contributed by atoms with Gasteiger partial charge >= 0.3 is 0 Å². The van der Waals surface area contributed by atoms with Crippen molar-refractivity contribution in [1.29, 1.82) is 0 Å². The number of thiazole rings is 1. The van der Waals surface area contributed by atoms with Gasteiger partial charge in [-0.1, -0.05) is 12.8 Å². The molecule has 1 heterocycles. The first-order chi connectivity index (χ1) is 7.18. The van der Waals surface area contributed by atoms with Crippen LogP contribution in [-0.2, 0) is 0 Å². The summed E-state index contributed by atoms with van der Waals surface area (Å²) in [5, 5.41) is 13.2. The molecule has 0 aromatic carbocycles. The Morgan fingerprint density at radius 2 is 2.27 bits per heavy atom. The molecule has 0 radical (unpaired) electrons. The zero-order chi connectivity index (χ0) is 10.9. The van der Waals surface area contributed by atoms with Crippen LogP contribution in [0.3, 0.4) is 0 Å². The number of aliphatic hydroxyl groups is 1. The van der Waals surface area contributed by atoms with Gasteiger partial charge in [0.05, 0.1) is 0 Å². The molecular weight excluding hydrogens is 208 g/mol. The van der Waals surface area contributed by atoms with Gasteiger partial charge in [0.15, 0.2) is 0 Å². The van der Waals surface area contributed by atoms with Gasteiger partial charge in [0.2, 0.25) is 0 Å². The quantitative estimate of drug-likeness (QED) is 0.828. The van der Waals surface area contributed by atoms with Crippen molar-refractivity contribution in [2.75, 3.05) is 6.54 Å². The molecule has 84 valence electrons. The van der Waals surface area contributed by atoms with E-state index in [9.17, 15) is 5.11 Å². The van der Waals surface area contributed by atoms with Crippen LogP contribution in [0.5, 0.6) is 0 Å². The maximum absolute atomic E-state index is 10.4. The SMILES string of the molecule is Cc1csc(C(O)C2(CN)CCCC2)n1. The predicted octanol–water partition coefficient (Wildman–Crippen LogP) is 2.00. The van der Waals surface area contributed by atoms with Crippen LogP contribution in [0.4, 0.5) is 0 Å². The second kappa shape index (κ2) is 4.20. The molecular formula is C11H18N2OS. The summed E-state index contributed by atoms with van der Waals surface area (Å²) in [6.07, 6.45) is 3.95. The molecule has 1 unspecified atom stereocenters. The summed E-state index contributed by atoms with van der Waals surface area (Å²) in [6, 6.07) is 0. The molecule has 0 bridgehead atoms. The molecule has 4 heteroatoms. The number of rotatable bonds is 3. The monoisotopic (exact) mass is 226 g/mol. The Morgan fingerprint density at radius 3 is 2.73 bits per heavy atom. The number of aromatic nitrogens is 1. The molecule has 2 rings (SSSR count). The average molecular weight is 226 g/mol. The first-order valence-electron chi connectivity index (χ1n) is 5.48. The van der Waals surface area contributed by atoms with Crippen molar-refractivity contribution in [3.8, 4) is 0 Å². The molecule has 3 nitrogen and oxygen atoms in total. The van der Waals surface area contributed by atoms with E-state index in [1.165, 1.54) is 12.8 Å². The first-order valence-corrected chi connectivity index (χ1v) is 6.36. The van der Waals surface area contributed by atoms with Crippen molar-refractivity contribution in [1.82, 2.24) is 4.98 Å². The fourth-order valence-corrected chi connectivity index (χ4v) is 3.35. The Bertz CT molecular complexity index is 331. The smallest absolute Gasteiger partial charge is 0.122 e. The summed E-state index contributed by atoms with van der Waals surface area (Å²) in [5.41, 5.74) is 6.71. The zero-order valence-corrected chi connectivity index (χ0v) is 9.89. The third kappa shape index (κ3) is 1.94. The molecule has 0 aliphatic heterocycles. The van der Waals surface area contributed by atoms with Crippen LogP contribution in [0.15, 0.2) is 5.38 Å². The second-order valence-corrected chi connectivity index (χ2v) is 5.39. The summed E-state index contributed by atoms with van der Waals surface area (Å²) in [4.78, 5) is 4.36. The minimum Gasteiger partial charge on any atom is -0.385 e. The Labute approximate surface area is 94.3 Å². The van der Waals surface area contributed by atoms with E-state index in [-0.39, 0.29) is 5.41 Å². The molecule has 0 amide bonds. The van der Waals surface area contributed by atoms with E-state index < -0.39 is 6.10 Å². The Hall–Kier alpha value is -0.450. The van der Waals surface area contributed by atoms with E-state index in [1.54, 1.807) is 11.3 Å². The van der Waals surface area contributed by atoms with E-state index in [0.29, 0.717) is 6.54 Å². The molecule has 1 aromatic rings. The minimum absolute atomic E-state index is 0.107. The van der Waals surface area contributed by atoms with Crippen molar-refractivity contribution < 1.29 is 5.11 Å². The van der Waals surface area contributed by atoms with Crippen LogP contribution >= 0.6 is 11.3 Å². The molecule has 1 saturated carbocycles. The maximum atomic E-state index is 10.4. The van der Waals surface area contributed by atoms with E-state index in [1.807, 2.05) is 12.3 Å². The summed E-state index contributed by atoms with van der Waals surface area (Å²) in [7, 11) is 0. The van der Waals surface area contributed by atoms with Gasteiger partial charge in [-0.2, -0.15) is 0 Å². The molecule has 3 N–H and O–H groups in total. The van der Waals surface area contributed by atoms with Crippen LogP contribution in [-0.4, -0.2) is 16.6 Å². The third-order valence-electron chi connectivity index (χ3n) is 3.46. The van der Waals surface area contributed by atoms with Crippen molar-refractivity contribution in [2.24, 2.45) is 11.1 Å². The van der Waals surface area contributed by atoms with Gasteiger partial charge in [0, 0.05) is 23.0 Å².